The summed E-state index contributed by atoms with van der Waals surface area (Å²) in [5, 5.41) is 16.8. The van der Waals surface area contributed by atoms with E-state index in [-0.39, 0.29) is 5.41 Å². The molecule has 20 heavy (non-hydrogen) atoms. The van der Waals surface area contributed by atoms with Crippen molar-refractivity contribution in [3.63, 3.8) is 0 Å². The van der Waals surface area contributed by atoms with Crippen LogP contribution in [0.1, 0.15) is 37.5 Å². The SMILES string of the molecule is CC(C)(CNc1nnc(CNC2CC2)o1)c1cccs1. The molecule has 0 spiro atoms. The summed E-state index contributed by atoms with van der Waals surface area (Å²) in [6, 6.07) is 5.39. The van der Waals surface area contributed by atoms with Gasteiger partial charge in [0.2, 0.25) is 5.89 Å². The van der Waals surface area contributed by atoms with Gasteiger partial charge in [-0.2, -0.15) is 0 Å². The number of thiophene rings is 1. The van der Waals surface area contributed by atoms with E-state index in [0.717, 1.165) is 6.54 Å². The van der Waals surface area contributed by atoms with Crippen molar-refractivity contribution >= 4 is 17.4 Å². The number of nitrogens with zero attached hydrogens (tertiary/aromatic N) is 2. The molecule has 6 heteroatoms. The van der Waals surface area contributed by atoms with Crippen molar-refractivity contribution in [2.24, 2.45) is 0 Å². The number of rotatable bonds is 7. The van der Waals surface area contributed by atoms with Crippen LogP contribution >= 0.6 is 11.3 Å². The smallest absolute Gasteiger partial charge is 0.315 e. The van der Waals surface area contributed by atoms with E-state index in [1.54, 1.807) is 11.3 Å². The van der Waals surface area contributed by atoms with Gasteiger partial charge in [0.15, 0.2) is 0 Å². The van der Waals surface area contributed by atoms with Crippen molar-refractivity contribution in [1.82, 2.24) is 15.5 Å². The Hall–Kier alpha value is -1.40. The van der Waals surface area contributed by atoms with E-state index in [2.05, 4.69) is 52.2 Å². The van der Waals surface area contributed by atoms with Gasteiger partial charge in [-0.15, -0.1) is 16.4 Å². The molecular weight excluding hydrogens is 272 g/mol. The molecule has 1 saturated carbocycles. The van der Waals surface area contributed by atoms with Gasteiger partial charge in [-0.3, -0.25) is 0 Å². The molecule has 0 bridgehead atoms. The molecule has 0 amide bonds. The van der Waals surface area contributed by atoms with Crippen molar-refractivity contribution in [2.75, 3.05) is 11.9 Å². The number of hydrogen-bond donors (Lipinski definition) is 2. The van der Waals surface area contributed by atoms with Crippen LogP contribution in [-0.2, 0) is 12.0 Å². The first kappa shape index (κ1) is 13.6. The van der Waals surface area contributed by atoms with Gasteiger partial charge in [-0.05, 0) is 24.3 Å². The normalized spacial score (nSPS) is 15.5. The average molecular weight is 292 g/mol. The summed E-state index contributed by atoms with van der Waals surface area (Å²) < 4.78 is 5.58. The first-order valence-electron chi connectivity index (χ1n) is 6.97. The quantitative estimate of drug-likeness (QED) is 0.821. The third kappa shape index (κ3) is 3.37. The Morgan fingerprint density at radius 2 is 2.25 bits per heavy atom. The molecule has 108 valence electrons. The third-order valence-corrected chi connectivity index (χ3v) is 4.69. The summed E-state index contributed by atoms with van der Waals surface area (Å²) in [5.41, 5.74) is 0.0507. The van der Waals surface area contributed by atoms with Gasteiger partial charge in [-0.25, -0.2) is 0 Å². The van der Waals surface area contributed by atoms with Crippen molar-refractivity contribution < 1.29 is 4.42 Å². The van der Waals surface area contributed by atoms with Gasteiger partial charge >= 0.3 is 6.01 Å². The molecule has 0 aromatic carbocycles. The maximum atomic E-state index is 5.58. The lowest BCUT2D eigenvalue weighted by molar-refractivity contribution is 0.469. The van der Waals surface area contributed by atoms with Crippen LogP contribution in [0.2, 0.25) is 0 Å². The lowest BCUT2D eigenvalue weighted by Crippen LogP contribution is -2.26. The van der Waals surface area contributed by atoms with Gasteiger partial charge in [0, 0.05) is 22.9 Å². The van der Waals surface area contributed by atoms with Crippen LogP contribution in [0.15, 0.2) is 21.9 Å². The van der Waals surface area contributed by atoms with Gasteiger partial charge in [-0.1, -0.05) is 25.0 Å². The highest BCUT2D eigenvalue weighted by atomic mass is 32.1. The van der Waals surface area contributed by atoms with E-state index in [0.29, 0.717) is 24.5 Å². The average Bonchev–Trinajstić information content (AvgIpc) is 2.95. The predicted octanol–water partition coefficient (Wildman–Crippen LogP) is 2.77. The Kier molecular flexibility index (Phi) is 3.76. The number of hydrogen-bond acceptors (Lipinski definition) is 6. The summed E-state index contributed by atoms with van der Waals surface area (Å²) >= 11 is 1.77. The Labute approximate surface area is 122 Å². The molecule has 0 saturated heterocycles. The molecule has 2 N–H and O–H groups in total. The fourth-order valence-corrected chi connectivity index (χ4v) is 2.82. The van der Waals surface area contributed by atoms with E-state index in [1.165, 1.54) is 17.7 Å². The predicted molar refractivity (Wildman–Crippen MR) is 80.0 cm³/mol. The fourth-order valence-electron chi connectivity index (χ4n) is 1.96. The molecule has 1 fully saturated rings. The fraction of sp³-hybridized carbons (Fsp3) is 0.571. The Morgan fingerprint density at radius 1 is 1.40 bits per heavy atom. The molecule has 5 nitrogen and oxygen atoms in total. The molecule has 2 heterocycles. The topological polar surface area (TPSA) is 63.0 Å². The first-order chi connectivity index (χ1) is 9.63. The Morgan fingerprint density at radius 3 is 2.95 bits per heavy atom. The molecule has 0 aliphatic heterocycles. The van der Waals surface area contributed by atoms with E-state index >= 15 is 0 Å². The molecule has 2 aromatic heterocycles. The minimum Gasteiger partial charge on any atom is -0.407 e. The van der Waals surface area contributed by atoms with E-state index < -0.39 is 0 Å². The van der Waals surface area contributed by atoms with Crippen LogP contribution in [0, 0.1) is 0 Å². The van der Waals surface area contributed by atoms with Gasteiger partial charge < -0.3 is 15.1 Å². The highest BCUT2D eigenvalue weighted by Crippen LogP contribution is 2.27. The molecule has 1 aliphatic carbocycles. The molecule has 1 aliphatic rings. The van der Waals surface area contributed by atoms with E-state index in [4.69, 9.17) is 4.42 Å². The maximum Gasteiger partial charge on any atom is 0.315 e. The molecule has 0 atom stereocenters. The minimum atomic E-state index is 0.0507. The second-order valence-electron chi connectivity index (χ2n) is 5.87. The van der Waals surface area contributed by atoms with Crippen LogP contribution in [-0.4, -0.2) is 22.8 Å². The molecule has 3 rings (SSSR count). The Balaban J connectivity index is 1.52. The first-order valence-corrected chi connectivity index (χ1v) is 7.85. The minimum absolute atomic E-state index is 0.0507. The van der Waals surface area contributed by atoms with Crippen LogP contribution in [0.3, 0.4) is 0 Å². The van der Waals surface area contributed by atoms with Crippen LogP contribution in [0.25, 0.3) is 0 Å². The number of aromatic nitrogens is 2. The summed E-state index contributed by atoms with van der Waals surface area (Å²) in [6.45, 7) is 5.84. The Bertz CT molecular complexity index is 545. The van der Waals surface area contributed by atoms with Crippen molar-refractivity contribution in [2.45, 2.75) is 44.7 Å². The summed E-state index contributed by atoms with van der Waals surface area (Å²) in [5.74, 6) is 0.647. The lowest BCUT2D eigenvalue weighted by Gasteiger charge is -2.22. The molecule has 2 aromatic rings. The second kappa shape index (κ2) is 5.54. The zero-order valence-electron chi connectivity index (χ0n) is 11.8. The highest BCUT2D eigenvalue weighted by molar-refractivity contribution is 7.10. The molecular formula is C14H20N4OS. The van der Waals surface area contributed by atoms with Gasteiger partial charge in [0.1, 0.15) is 0 Å². The monoisotopic (exact) mass is 292 g/mol. The zero-order valence-corrected chi connectivity index (χ0v) is 12.7. The summed E-state index contributed by atoms with van der Waals surface area (Å²) in [7, 11) is 0. The van der Waals surface area contributed by atoms with Crippen LogP contribution < -0.4 is 10.6 Å². The van der Waals surface area contributed by atoms with Crippen molar-refractivity contribution in [3.05, 3.63) is 28.3 Å². The standard InChI is InChI=1S/C14H20N4OS/c1-14(2,11-4-3-7-20-11)9-16-13-18-17-12(19-13)8-15-10-5-6-10/h3-4,7,10,15H,5-6,8-9H2,1-2H3,(H,16,18). The molecule has 0 radical (unpaired) electrons. The second-order valence-corrected chi connectivity index (χ2v) is 6.82. The molecule has 0 unspecified atom stereocenters. The zero-order chi connectivity index (χ0) is 14.0. The highest BCUT2D eigenvalue weighted by Gasteiger charge is 2.23. The van der Waals surface area contributed by atoms with Crippen molar-refractivity contribution in [3.8, 4) is 0 Å². The largest absolute Gasteiger partial charge is 0.407 e. The van der Waals surface area contributed by atoms with E-state index in [1.807, 2.05) is 0 Å². The van der Waals surface area contributed by atoms with Crippen LogP contribution in [0.5, 0.6) is 0 Å². The van der Waals surface area contributed by atoms with Gasteiger partial charge in [0.25, 0.3) is 0 Å². The third-order valence-electron chi connectivity index (χ3n) is 3.46. The number of nitrogens with one attached hydrogen (secondary N) is 2. The van der Waals surface area contributed by atoms with Crippen molar-refractivity contribution in [1.29, 1.82) is 0 Å². The number of anilines is 1. The van der Waals surface area contributed by atoms with Crippen LogP contribution in [0.4, 0.5) is 6.01 Å². The summed E-state index contributed by atoms with van der Waals surface area (Å²) in [4.78, 5) is 1.35. The van der Waals surface area contributed by atoms with E-state index in [9.17, 15) is 0 Å². The summed E-state index contributed by atoms with van der Waals surface area (Å²) in [6.07, 6.45) is 2.52. The van der Waals surface area contributed by atoms with Gasteiger partial charge in [0.05, 0.1) is 6.54 Å². The maximum absolute atomic E-state index is 5.58. The lowest BCUT2D eigenvalue weighted by atomic mass is 9.91.